The maximum Gasteiger partial charge on any atom is 0.246 e. The van der Waals surface area contributed by atoms with Gasteiger partial charge in [0, 0.05) is 19.8 Å². The monoisotopic (exact) mass is 282 g/mol. The predicted molar refractivity (Wildman–Crippen MR) is 76.1 cm³/mol. The third kappa shape index (κ3) is 3.14. The number of nitrogens with zero attached hydrogens (tertiary/aromatic N) is 1. The van der Waals surface area contributed by atoms with E-state index in [4.69, 9.17) is 4.74 Å². The lowest BCUT2D eigenvalue weighted by molar-refractivity contribution is -0.152. The first-order valence-corrected chi connectivity index (χ1v) is 7.49. The maximum atomic E-state index is 12.7. The molecule has 2 rings (SSSR count). The van der Waals surface area contributed by atoms with Gasteiger partial charge >= 0.3 is 0 Å². The van der Waals surface area contributed by atoms with Crippen molar-refractivity contribution >= 4 is 11.8 Å². The third-order valence-electron chi connectivity index (χ3n) is 4.33. The van der Waals surface area contributed by atoms with Crippen molar-refractivity contribution in [2.24, 2.45) is 11.3 Å². The van der Waals surface area contributed by atoms with Gasteiger partial charge < -0.3 is 15.0 Å². The number of hydrogen-bond donors (Lipinski definition) is 1. The molecule has 0 aromatic rings. The normalized spacial score (nSPS) is 29.5. The number of piperazine rings is 1. The van der Waals surface area contributed by atoms with Crippen LogP contribution in [-0.2, 0) is 14.3 Å². The van der Waals surface area contributed by atoms with Crippen molar-refractivity contribution in [3.8, 4) is 0 Å². The molecule has 2 atom stereocenters. The van der Waals surface area contributed by atoms with Gasteiger partial charge in [0.05, 0.1) is 0 Å². The molecule has 0 aromatic carbocycles. The predicted octanol–water partition coefficient (Wildman–Crippen LogP) is 1.17. The van der Waals surface area contributed by atoms with Gasteiger partial charge in [-0.05, 0) is 31.1 Å². The number of carbonyl (C=O) groups is 2. The number of amides is 2. The lowest BCUT2D eigenvalue weighted by Crippen LogP contribution is -2.66. The summed E-state index contributed by atoms with van der Waals surface area (Å²) >= 11 is 0. The van der Waals surface area contributed by atoms with Crippen LogP contribution in [0.25, 0.3) is 0 Å². The fraction of sp³-hybridized carbons (Fsp3) is 0.867. The Morgan fingerprint density at radius 2 is 1.85 bits per heavy atom. The highest BCUT2D eigenvalue weighted by Crippen LogP contribution is 2.27. The van der Waals surface area contributed by atoms with E-state index in [-0.39, 0.29) is 23.3 Å². The van der Waals surface area contributed by atoms with Crippen LogP contribution in [0.2, 0.25) is 0 Å². The number of nitrogens with one attached hydrogen (secondary N) is 1. The van der Waals surface area contributed by atoms with Crippen molar-refractivity contribution in [2.75, 3.05) is 19.8 Å². The molecule has 2 fully saturated rings. The smallest absolute Gasteiger partial charge is 0.246 e. The van der Waals surface area contributed by atoms with Gasteiger partial charge in [0.15, 0.2) is 0 Å². The van der Waals surface area contributed by atoms with Crippen LogP contribution in [-0.4, -0.2) is 48.6 Å². The van der Waals surface area contributed by atoms with Crippen LogP contribution in [0.15, 0.2) is 0 Å². The Labute approximate surface area is 121 Å². The molecule has 2 aliphatic rings. The fourth-order valence-corrected chi connectivity index (χ4v) is 2.86. The molecule has 0 aromatic heterocycles. The summed E-state index contributed by atoms with van der Waals surface area (Å²) in [4.78, 5) is 26.6. The van der Waals surface area contributed by atoms with E-state index in [1.807, 2.05) is 27.7 Å². The zero-order valence-electron chi connectivity index (χ0n) is 12.9. The quantitative estimate of drug-likeness (QED) is 0.827. The lowest BCUT2D eigenvalue weighted by atomic mass is 9.83. The zero-order chi connectivity index (χ0) is 14.9. The van der Waals surface area contributed by atoms with Gasteiger partial charge in [-0.15, -0.1) is 0 Å². The molecule has 2 saturated heterocycles. The molecule has 2 amide bonds. The summed E-state index contributed by atoms with van der Waals surface area (Å²) in [6, 6.07) is -0.796. The lowest BCUT2D eigenvalue weighted by Gasteiger charge is -2.43. The molecule has 0 saturated carbocycles. The van der Waals surface area contributed by atoms with E-state index < -0.39 is 6.04 Å². The third-order valence-corrected chi connectivity index (χ3v) is 4.33. The van der Waals surface area contributed by atoms with Crippen LogP contribution in [0.1, 0.15) is 40.5 Å². The van der Waals surface area contributed by atoms with E-state index in [1.54, 1.807) is 4.90 Å². The first kappa shape index (κ1) is 15.3. The Morgan fingerprint density at radius 1 is 1.25 bits per heavy atom. The molecule has 0 aliphatic carbocycles. The van der Waals surface area contributed by atoms with E-state index >= 15 is 0 Å². The highest BCUT2D eigenvalue weighted by Gasteiger charge is 2.43. The number of rotatable bonds is 2. The van der Waals surface area contributed by atoms with Crippen molar-refractivity contribution in [2.45, 2.75) is 52.6 Å². The van der Waals surface area contributed by atoms with E-state index in [0.717, 1.165) is 26.1 Å². The highest BCUT2D eigenvalue weighted by atomic mass is 16.5. The van der Waals surface area contributed by atoms with E-state index in [9.17, 15) is 9.59 Å². The Bertz CT molecular complexity index is 383. The molecule has 114 valence electrons. The molecule has 5 nitrogen and oxygen atoms in total. The summed E-state index contributed by atoms with van der Waals surface area (Å²) in [6.07, 6.45) is 1.94. The Kier molecular flexibility index (Phi) is 4.37. The molecule has 20 heavy (non-hydrogen) atoms. The van der Waals surface area contributed by atoms with Crippen molar-refractivity contribution < 1.29 is 14.3 Å². The average molecular weight is 282 g/mol. The van der Waals surface area contributed by atoms with Gasteiger partial charge in [0.1, 0.15) is 12.1 Å². The fourth-order valence-electron chi connectivity index (χ4n) is 2.86. The van der Waals surface area contributed by atoms with Gasteiger partial charge in [0.2, 0.25) is 11.8 Å². The molecule has 2 aliphatic heterocycles. The SMILES string of the molecule is CC1C(=O)NC(C(C)(C)C)C(=O)N1CC1CCOCC1. The van der Waals surface area contributed by atoms with Gasteiger partial charge in [-0.3, -0.25) is 9.59 Å². The van der Waals surface area contributed by atoms with Crippen molar-refractivity contribution in [1.82, 2.24) is 10.2 Å². The van der Waals surface area contributed by atoms with Crippen LogP contribution in [0.5, 0.6) is 0 Å². The van der Waals surface area contributed by atoms with Gasteiger partial charge in [-0.2, -0.15) is 0 Å². The minimum atomic E-state index is -0.425. The van der Waals surface area contributed by atoms with Crippen LogP contribution >= 0.6 is 0 Å². The molecule has 2 unspecified atom stereocenters. The minimum absolute atomic E-state index is 0.0448. The highest BCUT2D eigenvalue weighted by molar-refractivity contribution is 5.97. The zero-order valence-corrected chi connectivity index (χ0v) is 12.9. The van der Waals surface area contributed by atoms with E-state index in [1.165, 1.54) is 0 Å². The largest absolute Gasteiger partial charge is 0.381 e. The molecular weight excluding hydrogens is 256 g/mol. The minimum Gasteiger partial charge on any atom is -0.381 e. The Morgan fingerprint density at radius 3 is 2.40 bits per heavy atom. The number of hydrogen-bond acceptors (Lipinski definition) is 3. The van der Waals surface area contributed by atoms with Gasteiger partial charge in [0.25, 0.3) is 0 Å². The maximum absolute atomic E-state index is 12.7. The average Bonchev–Trinajstić information content (AvgIpc) is 2.39. The first-order chi connectivity index (χ1) is 9.30. The second-order valence-corrected chi connectivity index (χ2v) is 7.03. The topological polar surface area (TPSA) is 58.6 Å². The molecule has 0 radical (unpaired) electrons. The molecule has 0 bridgehead atoms. The van der Waals surface area contributed by atoms with Crippen molar-refractivity contribution in [1.29, 1.82) is 0 Å². The molecule has 2 heterocycles. The van der Waals surface area contributed by atoms with E-state index in [0.29, 0.717) is 12.5 Å². The van der Waals surface area contributed by atoms with Crippen molar-refractivity contribution in [3.05, 3.63) is 0 Å². The van der Waals surface area contributed by atoms with Gasteiger partial charge in [-0.1, -0.05) is 20.8 Å². The molecule has 1 N–H and O–H groups in total. The van der Waals surface area contributed by atoms with Gasteiger partial charge in [-0.25, -0.2) is 0 Å². The molecular formula is C15H26N2O3. The van der Waals surface area contributed by atoms with Crippen LogP contribution in [0.4, 0.5) is 0 Å². The number of ether oxygens (including phenoxy) is 1. The summed E-state index contributed by atoms with van der Waals surface area (Å²) in [7, 11) is 0. The number of carbonyl (C=O) groups excluding carboxylic acids is 2. The van der Waals surface area contributed by atoms with Crippen LogP contribution in [0, 0.1) is 11.3 Å². The summed E-state index contributed by atoms with van der Waals surface area (Å²) < 4.78 is 5.36. The Hall–Kier alpha value is -1.10. The second kappa shape index (κ2) is 5.72. The standard InChI is InChI=1S/C15H26N2O3/c1-10-13(18)16-12(15(2,3)4)14(19)17(10)9-11-5-7-20-8-6-11/h10-12H,5-9H2,1-4H3,(H,16,18). The second-order valence-electron chi connectivity index (χ2n) is 7.03. The molecule has 5 heteroatoms. The van der Waals surface area contributed by atoms with Crippen molar-refractivity contribution in [3.63, 3.8) is 0 Å². The summed E-state index contributed by atoms with van der Waals surface area (Å²) in [5, 5.41) is 2.87. The Balaban J connectivity index is 2.11. The summed E-state index contributed by atoms with van der Waals surface area (Å²) in [5.74, 6) is 0.453. The van der Waals surface area contributed by atoms with Crippen LogP contribution < -0.4 is 5.32 Å². The summed E-state index contributed by atoms with van der Waals surface area (Å²) in [6.45, 7) is 9.95. The first-order valence-electron chi connectivity index (χ1n) is 7.49. The van der Waals surface area contributed by atoms with Crippen LogP contribution in [0.3, 0.4) is 0 Å². The summed E-state index contributed by atoms with van der Waals surface area (Å²) in [5.41, 5.74) is -0.263. The van der Waals surface area contributed by atoms with E-state index in [2.05, 4.69) is 5.32 Å². The molecule has 0 spiro atoms.